The van der Waals surface area contributed by atoms with Gasteiger partial charge in [-0.1, -0.05) is 6.07 Å². The first kappa shape index (κ1) is 13.1. The molecular weight excluding hydrogens is 250 g/mol. The Hall–Kier alpha value is -2.30. The molecule has 0 aliphatic rings. The Morgan fingerprint density at radius 3 is 2.58 bits per heavy atom. The number of nitrogen functional groups attached to an aromatic ring is 1. The molecule has 0 spiro atoms. The van der Waals surface area contributed by atoms with Gasteiger partial charge in [-0.15, -0.1) is 0 Å². The first-order chi connectivity index (χ1) is 8.91. The zero-order chi connectivity index (χ0) is 14.2. The average molecular weight is 262 g/mol. The minimum absolute atomic E-state index is 0.0318. The topological polar surface area (TPSA) is 56.0 Å². The Labute approximate surface area is 109 Å². The first-order valence-corrected chi connectivity index (χ1v) is 5.63. The van der Waals surface area contributed by atoms with Crippen molar-refractivity contribution in [3.05, 3.63) is 47.3 Å². The number of ketones is 1. The summed E-state index contributed by atoms with van der Waals surface area (Å²) in [5, 5.41) is 0. The number of nitrogens with two attached hydrogens (primary N) is 1. The monoisotopic (exact) mass is 262 g/mol. The van der Waals surface area contributed by atoms with E-state index < -0.39 is 11.8 Å². The van der Waals surface area contributed by atoms with E-state index in [1.165, 1.54) is 25.3 Å². The summed E-state index contributed by atoms with van der Waals surface area (Å²) in [4.78, 5) is 14.7. The van der Waals surface area contributed by atoms with Crippen LogP contribution in [0.15, 0.2) is 24.4 Å². The smallest absolute Gasteiger partial charge is 0.236 e. The highest BCUT2D eigenvalue weighted by Crippen LogP contribution is 2.28. The predicted octanol–water partition coefficient (Wildman–Crippen LogP) is 3.12. The van der Waals surface area contributed by atoms with Crippen LogP contribution in [0, 0.1) is 18.7 Å². The van der Waals surface area contributed by atoms with Gasteiger partial charge >= 0.3 is 0 Å². The summed E-state index contributed by atoms with van der Waals surface area (Å²) in [7, 11) is 0. The number of rotatable bonds is 2. The minimum Gasteiger partial charge on any atom is -0.395 e. The van der Waals surface area contributed by atoms with E-state index in [-0.39, 0.29) is 17.0 Å². The van der Waals surface area contributed by atoms with Crippen LogP contribution in [0.25, 0.3) is 11.1 Å². The highest BCUT2D eigenvalue weighted by atomic mass is 19.1. The molecule has 0 atom stereocenters. The van der Waals surface area contributed by atoms with Gasteiger partial charge in [-0.25, -0.2) is 9.37 Å². The summed E-state index contributed by atoms with van der Waals surface area (Å²) in [5.74, 6) is -1.68. The lowest BCUT2D eigenvalue weighted by atomic mass is 9.97. The fourth-order valence-electron chi connectivity index (χ4n) is 1.88. The minimum atomic E-state index is -0.762. The van der Waals surface area contributed by atoms with Gasteiger partial charge in [0.25, 0.3) is 0 Å². The molecule has 0 fully saturated rings. The fraction of sp³-hybridized carbons (Fsp3) is 0.143. The van der Waals surface area contributed by atoms with Crippen LogP contribution in [0.1, 0.15) is 22.8 Å². The Balaban J connectivity index is 2.60. The van der Waals surface area contributed by atoms with E-state index in [0.717, 1.165) is 0 Å². The molecule has 19 heavy (non-hydrogen) atoms. The standard InChI is InChI=1S/C14H12F2N2O/c1-7-10(3-4-11(8(2)19)13(7)15)9-5-12(17)14(16)18-6-9/h3-6H,17H2,1-2H3. The third kappa shape index (κ3) is 2.31. The molecule has 1 aromatic heterocycles. The highest BCUT2D eigenvalue weighted by molar-refractivity contribution is 5.95. The quantitative estimate of drug-likeness (QED) is 0.668. The molecule has 2 rings (SSSR count). The van der Waals surface area contributed by atoms with Crippen molar-refractivity contribution in [1.29, 1.82) is 0 Å². The molecule has 0 bridgehead atoms. The summed E-state index contributed by atoms with van der Waals surface area (Å²) in [6, 6.07) is 4.39. The van der Waals surface area contributed by atoms with E-state index in [1.807, 2.05) is 0 Å². The van der Waals surface area contributed by atoms with Crippen LogP contribution >= 0.6 is 0 Å². The summed E-state index contributed by atoms with van der Waals surface area (Å²) >= 11 is 0. The number of pyridine rings is 1. The summed E-state index contributed by atoms with van der Waals surface area (Å²) < 4.78 is 27.0. The van der Waals surface area contributed by atoms with Gasteiger partial charge in [0.1, 0.15) is 5.82 Å². The van der Waals surface area contributed by atoms with Gasteiger partial charge < -0.3 is 5.73 Å². The van der Waals surface area contributed by atoms with Gasteiger partial charge in [0.05, 0.1) is 11.3 Å². The first-order valence-electron chi connectivity index (χ1n) is 5.63. The van der Waals surface area contributed by atoms with Crippen LogP contribution in [0.4, 0.5) is 14.5 Å². The number of carbonyl (C=O) groups is 1. The number of halogens is 2. The molecule has 5 heteroatoms. The van der Waals surface area contributed by atoms with Crippen LogP contribution in [-0.4, -0.2) is 10.8 Å². The SMILES string of the molecule is CC(=O)c1ccc(-c2cnc(F)c(N)c2)c(C)c1F. The molecule has 3 nitrogen and oxygen atoms in total. The number of benzene rings is 1. The number of nitrogens with zero attached hydrogens (tertiary/aromatic N) is 1. The van der Waals surface area contributed by atoms with E-state index in [2.05, 4.69) is 4.98 Å². The lowest BCUT2D eigenvalue weighted by Gasteiger charge is -2.10. The predicted molar refractivity (Wildman–Crippen MR) is 68.7 cm³/mol. The van der Waals surface area contributed by atoms with Crippen molar-refractivity contribution >= 4 is 11.5 Å². The Morgan fingerprint density at radius 2 is 2.00 bits per heavy atom. The molecule has 0 aliphatic carbocycles. The molecule has 98 valence electrons. The van der Waals surface area contributed by atoms with E-state index in [0.29, 0.717) is 16.7 Å². The Morgan fingerprint density at radius 1 is 1.32 bits per heavy atom. The Kier molecular flexibility index (Phi) is 3.29. The zero-order valence-electron chi connectivity index (χ0n) is 10.5. The Bertz CT molecular complexity index is 669. The number of Topliss-reactive ketones (excluding diaryl/α,β-unsaturated/α-hetero) is 1. The van der Waals surface area contributed by atoms with Crippen LogP contribution < -0.4 is 5.73 Å². The average Bonchev–Trinajstić information content (AvgIpc) is 2.36. The second kappa shape index (κ2) is 4.76. The maximum atomic E-state index is 14.0. The number of carbonyl (C=O) groups excluding carboxylic acids is 1. The maximum absolute atomic E-state index is 14.0. The van der Waals surface area contributed by atoms with Crippen LogP contribution in [0.2, 0.25) is 0 Å². The molecule has 0 unspecified atom stereocenters. The molecule has 0 saturated carbocycles. The number of anilines is 1. The zero-order valence-corrected chi connectivity index (χ0v) is 10.5. The van der Waals surface area contributed by atoms with E-state index in [1.54, 1.807) is 13.0 Å². The van der Waals surface area contributed by atoms with Gasteiger partial charge in [-0.2, -0.15) is 4.39 Å². The second-order valence-corrected chi connectivity index (χ2v) is 4.26. The fourth-order valence-corrected chi connectivity index (χ4v) is 1.88. The van der Waals surface area contributed by atoms with Gasteiger partial charge in [-0.3, -0.25) is 4.79 Å². The van der Waals surface area contributed by atoms with Crippen molar-refractivity contribution in [3.8, 4) is 11.1 Å². The van der Waals surface area contributed by atoms with Crippen LogP contribution in [0.5, 0.6) is 0 Å². The van der Waals surface area contributed by atoms with Gasteiger partial charge in [0.15, 0.2) is 5.78 Å². The van der Waals surface area contributed by atoms with Crippen molar-refractivity contribution in [1.82, 2.24) is 4.98 Å². The normalized spacial score (nSPS) is 10.5. The second-order valence-electron chi connectivity index (χ2n) is 4.26. The molecule has 2 aromatic rings. The molecule has 1 heterocycles. The van der Waals surface area contributed by atoms with Crippen LogP contribution in [0.3, 0.4) is 0 Å². The largest absolute Gasteiger partial charge is 0.395 e. The van der Waals surface area contributed by atoms with Gasteiger partial charge in [-0.05, 0) is 37.1 Å². The lowest BCUT2D eigenvalue weighted by Crippen LogP contribution is -2.01. The molecule has 0 saturated heterocycles. The molecule has 0 radical (unpaired) electrons. The summed E-state index contributed by atoms with van der Waals surface area (Å²) in [5.41, 5.74) is 6.71. The molecular formula is C14H12F2N2O. The van der Waals surface area contributed by atoms with Crippen molar-refractivity contribution in [3.63, 3.8) is 0 Å². The van der Waals surface area contributed by atoms with Crippen molar-refractivity contribution in [2.75, 3.05) is 5.73 Å². The van der Waals surface area contributed by atoms with Crippen molar-refractivity contribution in [2.24, 2.45) is 0 Å². The van der Waals surface area contributed by atoms with E-state index in [9.17, 15) is 13.6 Å². The van der Waals surface area contributed by atoms with Crippen molar-refractivity contribution in [2.45, 2.75) is 13.8 Å². The number of hydrogen-bond acceptors (Lipinski definition) is 3. The van der Waals surface area contributed by atoms with Crippen molar-refractivity contribution < 1.29 is 13.6 Å². The van der Waals surface area contributed by atoms with E-state index >= 15 is 0 Å². The number of aromatic nitrogens is 1. The summed E-state index contributed by atoms with van der Waals surface area (Å²) in [6.07, 6.45) is 1.28. The van der Waals surface area contributed by atoms with Gasteiger partial charge in [0.2, 0.25) is 5.95 Å². The third-order valence-electron chi connectivity index (χ3n) is 2.94. The van der Waals surface area contributed by atoms with Crippen LogP contribution in [-0.2, 0) is 0 Å². The third-order valence-corrected chi connectivity index (χ3v) is 2.94. The number of hydrogen-bond donors (Lipinski definition) is 1. The molecule has 0 amide bonds. The van der Waals surface area contributed by atoms with E-state index in [4.69, 9.17) is 5.73 Å². The summed E-state index contributed by atoms with van der Waals surface area (Å²) in [6.45, 7) is 2.85. The highest BCUT2D eigenvalue weighted by Gasteiger charge is 2.14. The molecule has 0 aliphatic heterocycles. The molecule has 1 aromatic carbocycles. The molecule has 2 N–H and O–H groups in total. The maximum Gasteiger partial charge on any atom is 0.236 e. The lowest BCUT2D eigenvalue weighted by molar-refractivity contribution is 0.101. The van der Waals surface area contributed by atoms with Gasteiger partial charge in [0, 0.05) is 11.8 Å².